The number of nitro groups is 1. The van der Waals surface area contributed by atoms with Crippen molar-refractivity contribution < 1.29 is 9.66 Å². The summed E-state index contributed by atoms with van der Waals surface area (Å²) < 4.78 is 5.19. The van der Waals surface area contributed by atoms with Gasteiger partial charge in [-0.1, -0.05) is 17.7 Å². The molecule has 18 heavy (non-hydrogen) atoms. The SMILES string of the molecule is COC1CC(NCc2ccc(Cl)c([N+](=O)[O-])c2)C1. The van der Waals surface area contributed by atoms with E-state index in [-0.39, 0.29) is 10.7 Å². The zero-order valence-electron chi connectivity index (χ0n) is 10.1. The van der Waals surface area contributed by atoms with E-state index in [0.29, 0.717) is 18.7 Å². The van der Waals surface area contributed by atoms with E-state index in [9.17, 15) is 10.1 Å². The van der Waals surface area contributed by atoms with Gasteiger partial charge in [-0.2, -0.15) is 0 Å². The van der Waals surface area contributed by atoms with Gasteiger partial charge in [-0.05, 0) is 24.5 Å². The highest BCUT2D eigenvalue weighted by Gasteiger charge is 2.28. The van der Waals surface area contributed by atoms with E-state index in [4.69, 9.17) is 16.3 Å². The molecule has 2 rings (SSSR count). The van der Waals surface area contributed by atoms with Crippen LogP contribution in [0.25, 0.3) is 0 Å². The number of nitrogens with one attached hydrogen (secondary N) is 1. The first-order chi connectivity index (χ1) is 8.60. The van der Waals surface area contributed by atoms with Crippen molar-refractivity contribution in [3.8, 4) is 0 Å². The number of halogens is 1. The van der Waals surface area contributed by atoms with Crippen LogP contribution in [0.3, 0.4) is 0 Å². The molecule has 0 spiro atoms. The van der Waals surface area contributed by atoms with Gasteiger partial charge >= 0.3 is 0 Å². The number of nitrogens with zero attached hydrogens (tertiary/aromatic N) is 1. The highest BCUT2D eigenvalue weighted by Crippen LogP contribution is 2.26. The Kier molecular flexibility index (Phi) is 4.16. The van der Waals surface area contributed by atoms with E-state index in [1.54, 1.807) is 19.2 Å². The van der Waals surface area contributed by atoms with E-state index in [2.05, 4.69) is 5.32 Å². The molecule has 0 saturated heterocycles. The molecule has 0 amide bonds. The zero-order chi connectivity index (χ0) is 13.1. The molecular formula is C12H15ClN2O3. The van der Waals surface area contributed by atoms with Crippen LogP contribution in [0.2, 0.25) is 5.02 Å². The predicted molar refractivity (Wildman–Crippen MR) is 68.8 cm³/mol. The lowest BCUT2D eigenvalue weighted by Gasteiger charge is -2.34. The number of ether oxygens (including phenoxy) is 1. The second-order valence-electron chi connectivity index (χ2n) is 4.45. The first-order valence-corrected chi connectivity index (χ1v) is 6.17. The van der Waals surface area contributed by atoms with Crippen LogP contribution in [0.1, 0.15) is 18.4 Å². The predicted octanol–water partition coefficient (Wildman–Crippen LogP) is 2.52. The molecule has 1 N–H and O–H groups in total. The summed E-state index contributed by atoms with van der Waals surface area (Å²) in [5, 5.41) is 14.3. The monoisotopic (exact) mass is 270 g/mol. The molecule has 6 heteroatoms. The molecule has 1 saturated carbocycles. The zero-order valence-corrected chi connectivity index (χ0v) is 10.8. The van der Waals surface area contributed by atoms with E-state index in [1.807, 2.05) is 0 Å². The molecule has 0 heterocycles. The summed E-state index contributed by atoms with van der Waals surface area (Å²) in [4.78, 5) is 10.3. The van der Waals surface area contributed by atoms with Crippen LogP contribution in [0, 0.1) is 10.1 Å². The van der Waals surface area contributed by atoms with Crippen molar-refractivity contribution in [3.63, 3.8) is 0 Å². The maximum Gasteiger partial charge on any atom is 0.288 e. The molecule has 1 aliphatic carbocycles. The molecule has 98 valence electrons. The standard InChI is InChI=1S/C12H15ClN2O3/c1-18-10-5-9(6-10)14-7-8-2-3-11(13)12(4-8)15(16)17/h2-4,9-10,14H,5-7H2,1H3. The van der Waals surface area contributed by atoms with Crippen LogP contribution < -0.4 is 5.32 Å². The molecule has 0 aromatic heterocycles. The minimum atomic E-state index is -0.462. The molecule has 0 aliphatic heterocycles. The van der Waals surface area contributed by atoms with Crippen LogP contribution in [-0.2, 0) is 11.3 Å². The number of methoxy groups -OCH3 is 1. The first kappa shape index (κ1) is 13.3. The van der Waals surface area contributed by atoms with Gasteiger partial charge in [0.2, 0.25) is 0 Å². The Hall–Kier alpha value is -1.17. The molecule has 0 radical (unpaired) electrons. The van der Waals surface area contributed by atoms with E-state index >= 15 is 0 Å². The van der Waals surface area contributed by atoms with Crippen LogP contribution >= 0.6 is 11.6 Å². The van der Waals surface area contributed by atoms with Crippen molar-refractivity contribution in [2.75, 3.05) is 7.11 Å². The number of hydrogen-bond donors (Lipinski definition) is 1. The fraction of sp³-hybridized carbons (Fsp3) is 0.500. The summed E-state index contributed by atoms with van der Waals surface area (Å²) in [6.07, 6.45) is 2.33. The van der Waals surface area contributed by atoms with Crippen molar-refractivity contribution in [2.45, 2.75) is 31.5 Å². The smallest absolute Gasteiger partial charge is 0.288 e. The number of benzene rings is 1. The molecule has 1 aromatic rings. The Morgan fingerprint density at radius 2 is 2.28 bits per heavy atom. The van der Waals surface area contributed by atoms with E-state index in [0.717, 1.165) is 18.4 Å². The van der Waals surface area contributed by atoms with E-state index < -0.39 is 4.92 Å². The average Bonchev–Trinajstić information content (AvgIpc) is 2.29. The Labute approximate surface area is 110 Å². The largest absolute Gasteiger partial charge is 0.381 e. The summed E-state index contributed by atoms with van der Waals surface area (Å²) >= 11 is 5.75. The molecular weight excluding hydrogens is 256 g/mol. The number of nitro benzene ring substituents is 1. The molecule has 0 atom stereocenters. The van der Waals surface area contributed by atoms with Crippen molar-refractivity contribution in [1.29, 1.82) is 0 Å². The fourth-order valence-electron chi connectivity index (χ4n) is 2.00. The quantitative estimate of drug-likeness (QED) is 0.660. The lowest BCUT2D eigenvalue weighted by Crippen LogP contribution is -2.44. The third-order valence-electron chi connectivity index (χ3n) is 3.23. The summed E-state index contributed by atoms with van der Waals surface area (Å²) in [6, 6.07) is 5.32. The Balaban J connectivity index is 1.90. The minimum absolute atomic E-state index is 0.0423. The van der Waals surface area contributed by atoms with Gasteiger partial charge in [0.05, 0.1) is 11.0 Å². The summed E-state index contributed by atoms with van der Waals surface area (Å²) in [5.74, 6) is 0. The molecule has 0 unspecified atom stereocenters. The third kappa shape index (κ3) is 2.98. The second kappa shape index (κ2) is 5.65. The van der Waals surface area contributed by atoms with Crippen molar-refractivity contribution >= 4 is 17.3 Å². The normalized spacial score (nSPS) is 22.6. The van der Waals surface area contributed by atoms with Crippen LogP contribution in [0.15, 0.2) is 18.2 Å². The Morgan fingerprint density at radius 3 is 2.89 bits per heavy atom. The van der Waals surface area contributed by atoms with Crippen molar-refractivity contribution in [1.82, 2.24) is 5.32 Å². The van der Waals surface area contributed by atoms with Crippen molar-refractivity contribution in [3.05, 3.63) is 38.9 Å². The number of hydrogen-bond acceptors (Lipinski definition) is 4. The Bertz CT molecular complexity index is 447. The summed E-state index contributed by atoms with van der Waals surface area (Å²) in [5.41, 5.74) is 0.825. The lowest BCUT2D eigenvalue weighted by molar-refractivity contribution is -0.384. The van der Waals surface area contributed by atoms with Gasteiger partial charge in [0, 0.05) is 25.8 Å². The topological polar surface area (TPSA) is 64.4 Å². The van der Waals surface area contributed by atoms with Crippen LogP contribution in [-0.4, -0.2) is 24.2 Å². The maximum absolute atomic E-state index is 10.7. The van der Waals surface area contributed by atoms with Gasteiger partial charge < -0.3 is 10.1 Å². The third-order valence-corrected chi connectivity index (χ3v) is 3.55. The fourth-order valence-corrected chi connectivity index (χ4v) is 2.18. The first-order valence-electron chi connectivity index (χ1n) is 5.79. The molecule has 5 nitrogen and oxygen atoms in total. The summed E-state index contributed by atoms with van der Waals surface area (Å²) in [6.45, 7) is 0.610. The lowest BCUT2D eigenvalue weighted by atomic mass is 9.89. The van der Waals surface area contributed by atoms with E-state index in [1.165, 1.54) is 6.07 Å². The molecule has 0 bridgehead atoms. The number of rotatable bonds is 5. The van der Waals surface area contributed by atoms with Gasteiger partial charge in [-0.15, -0.1) is 0 Å². The molecule has 1 aliphatic rings. The van der Waals surface area contributed by atoms with Gasteiger partial charge in [0.25, 0.3) is 5.69 Å². The van der Waals surface area contributed by atoms with Crippen LogP contribution in [0.5, 0.6) is 0 Å². The Morgan fingerprint density at radius 1 is 1.56 bits per heavy atom. The maximum atomic E-state index is 10.7. The highest BCUT2D eigenvalue weighted by molar-refractivity contribution is 6.32. The van der Waals surface area contributed by atoms with Gasteiger partial charge in [0.1, 0.15) is 5.02 Å². The molecule has 1 fully saturated rings. The highest BCUT2D eigenvalue weighted by atomic mass is 35.5. The van der Waals surface area contributed by atoms with Crippen molar-refractivity contribution in [2.24, 2.45) is 0 Å². The van der Waals surface area contributed by atoms with Gasteiger partial charge in [0.15, 0.2) is 0 Å². The van der Waals surface area contributed by atoms with Gasteiger partial charge in [-0.3, -0.25) is 10.1 Å². The van der Waals surface area contributed by atoms with Gasteiger partial charge in [-0.25, -0.2) is 0 Å². The second-order valence-corrected chi connectivity index (χ2v) is 4.86. The van der Waals surface area contributed by atoms with Crippen LogP contribution in [0.4, 0.5) is 5.69 Å². The minimum Gasteiger partial charge on any atom is -0.381 e. The average molecular weight is 271 g/mol. The molecule has 1 aromatic carbocycles. The summed E-state index contributed by atoms with van der Waals surface area (Å²) in [7, 11) is 1.71.